The van der Waals surface area contributed by atoms with E-state index in [-0.39, 0.29) is 6.61 Å². The first-order chi connectivity index (χ1) is 9.99. The number of rotatable bonds is 5. The van der Waals surface area contributed by atoms with Crippen LogP contribution >= 0.6 is 0 Å². The molecule has 2 rings (SSSR count). The largest absolute Gasteiger partial charge is 0.490 e. The quantitative estimate of drug-likeness (QED) is 0.619. The lowest BCUT2D eigenvalue weighted by Gasteiger charge is -2.18. The van der Waals surface area contributed by atoms with Gasteiger partial charge in [0.25, 0.3) is 0 Å². The molecule has 1 fully saturated rings. The molecule has 0 aromatic heterocycles. The van der Waals surface area contributed by atoms with Gasteiger partial charge in [0.2, 0.25) is 0 Å². The van der Waals surface area contributed by atoms with E-state index >= 15 is 0 Å². The fraction of sp³-hybridized carbons (Fsp3) is 0.438. The number of carbonyl (C=O) groups excluding carboxylic acids is 1. The maximum absolute atomic E-state index is 14.2. The lowest BCUT2D eigenvalue weighted by atomic mass is 10.1. The van der Waals surface area contributed by atoms with Crippen LogP contribution in [0.1, 0.15) is 24.2 Å². The van der Waals surface area contributed by atoms with Crippen LogP contribution in [0.25, 0.3) is 0 Å². The zero-order valence-corrected chi connectivity index (χ0v) is 12.1. The van der Waals surface area contributed by atoms with E-state index in [2.05, 4.69) is 6.58 Å². The highest BCUT2D eigenvalue weighted by Gasteiger charge is 2.45. The summed E-state index contributed by atoms with van der Waals surface area (Å²) in [5, 5.41) is 0. The van der Waals surface area contributed by atoms with Crippen molar-refractivity contribution in [3.05, 3.63) is 48.2 Å². The number of esters is 1. The predicted octanol–water partition coefficient (Wildman–Crippen LogP) is 2.89. The summed E-state index contributed by atoms with van der Waals surface area (Å²) >= 11 is 0. The molecule has 0 unspecified atom stereocenters. The van der Waals surface area contributed by atoms with E-state index in [0.717, 1.165) is 0 Å². The van der Waals surface area contributed by atoms with Crippen LogP contribution in [-0.2, 0) is 14.2 Å². The van der Waals surface area contributed by atoms with Crippen LogP contribution in [0.15, 0.2) is 42.7 Å². The lowest BCUT2D eigenvalue weighted by molar-refractivity contribution is -0.0200. The van der Waals surface area contributed by atoms with E-state index in [4.69, 9.17) is 14.2 Å². The molecule has 1 heterocycles. The molecular weight excluding hydrogens is 275 g/mol. The third-order valence-corrected chi connectivity index (χ3v) is 3.25. The Kier molecular flexibility index (Phi) is 4.96. The minimum absolute atomic E-state index is 0.144. The Morgan fingerprint density at radius 2 is 2.05 bits per heavy atom. The Hall–Kier alpha value is -1.88. The van der Waals surface area contributed by atoms with E-state index < -0.39 is 30.5 Å². The highest BCUT2D eigenvalue weighted by Crippen LogP contribution is 2.28. The normalized spacial score (nSPS) is 28.1. The molecule has 1 saturated heterocycles. The highest BCUT2D eigenvalue weighted by molar-refractivity contribution is 5.89. The summed E-state index contributed by atoms with van der Waals surface area (Å²) in [6.45, 7) is 6.83. The molecule has 0 radical (unpaired) electrons. The molecule has 0 aliphatic carbocycles. The molecule has 1 aliphatic heterocycles. The Morgan fingerprint density at radius 1 is 1.38 bits per heavy atom. The van der Waals surface area contributed by atoms with E-state index in [1.807, 2.05) is 0 Å². The average Bonchev–Trinajstić information content (AvgIpc) is 2.73. The van der Waals surface area contributed by atoms with Gasteiger partial charge in [-0.2, -0.15) is 0 Å². The number of benzene rings is 1. The van der Waals surface area contributed by atoms with Crippen molar-refractivity contribution in [2.75, 3.05) is 6.61 Å². The summed E-state index contributed by atoms with van der Waals surface area (Å²) in [6, 6.07) is 8.55. The molecule has 1 aliphatic rings. The van der Waals surface area contributed by atoms with Crippen molar-refractivity contribution in [2.24, 2.45) is 0 Å². The molecule has 21 heavy (non-hydrogen) atoms. The second-order valence-corrected chi connectivity index (χ2v) is 5.07. The smallest absolute Gasteiger partial charge is 0.338 e. The third-order valence-electron chi connectivity index (χ3n) is 3.25. The molecule has 4 atom stereocenters. The van der Waals surface area contributed by atoms with E-state index in [1.165, 1.54) is 0 Å². The maximum atomic E-state index is 14.2. The standard InChI is InChI=1S/C16H19FO4/c1-10(2)20-15-11(3)21-13(14(15)17)9-19-16(18)12-7-5-4-6-8-12/h4-8,11,13-15H,1,9H2,2-3H3/t11-,13+,14-,15-/m0/s1. The second-order valence-electron chi connectivity index (χ2n) is 5.07. The fourth-order valence-electron chi connectivity index (χ4n) is 2.24. The van der Waals surface area contributed by atoms with Crippen molar-refractivity contribution in [3.8, 4) is 0 Å². The van der Waals surface area contributed by atoms with Crippen molar-refractivity contribution in [1.82, 2.24) is 0 Å². The van der Waals surface area contributed by atoms with Gasteiger partial charge in [-0.1, -0.05) is 24.8 Å². The molecule has 0 saturated carbocycles. The van der Waals surface area contributed by atoms with Crippen LogP contribution < -0.4 is 0 Å². The summed E-state index contributed by atoms with van der Waals surface area (Å²) < 4.78 is 30.1. The average molecular weight is 294 g/mol. The first-order valence-corrected chi connectivity index (χ1v) is 6.83. The molecule has 4 nitrogen and oxygen atoms in total. The van der Waals surface area contributed by atoms with Gasteiger partial charge in [-0.25, -0.2) is 9.18 Å². The molecule has 0 bridgehead atoms. The van der Waals surface area contributed by atoms with Gasteiger partial charge >= 0.3 is 5.97 Å². The second kappa shape index (κ2) is 6.72. The van der Waals surface area contributed by atoms with Crippen LogP contribution in [0.4, 0.5) is 4.39 Å². The Morgan fingerprint density at radius 3 is 2.67 bits per heavy atom. The molecule has 0 N–H and O–H groups in total. The zero-order valence-electron chi connectivity index (χ0n) is 12.1. The number of hydrogen-bond acceptors (Lipinski definition) is 4. The molecule has 1 aromatic carbocycles. The molecule has 5 heteroatoms. The van der Waals surface area contributed by atoms with E-state index in [0.29, 0.717) is 11.3 Å². The first-order valence-electron chi connectivity index (χ1n) is 6.83. The minimum Gasteiger partial charge on any atom is -0.490 e. The van der Waals surface area contributed by atoms with Crippen molar-refractivity contribution in [3.63, 3.8) is 0 Å². The van der Waals surface area contributed by atoms with Crippen molar-refractivity contribution >= 4 is 5.97 Å². The summed E-state index contributed by atoms with van der Waals surface area (Å²) in [6.07, 6.45) is -3.32. The number of allylic oxidation sites excluding steroid dienone is 1. The summed E-state index contributed by atoms with van der Waals surface area (Å²) in [7, 11) is 0. The Balaban J connectivity index is 1.89. The van der Waals surface area contributed by atoms with Gasteiger partial charge < -0.3 is 14.2 Å². The van der Waals surface area contributed by atoms with E-state index in [9.17, 15) is 9.18 Å². The molecular formula is C16H19FO4. The maximum Gasteiger partial charge on any atom is 0.338 e. The van der Waals surface area contributed by atoms with Crippen LogP contribution in [0, 0.1) is 0 Å². The molecule has 114 valence electrons. The number of alkyl halides is 1. The van der Waals surface area contributed by atoms with Gasteiger partial charge in [-0.05, 0) is 26.0 Å². The topological polar surface area (TPSA) is 44.8 Å². The van der Waals surface area contributed by atoms with Gasteiger partial charge in [-0.3, -0.25) is 0 Å². The van der Waals surface area contributed by atoms with Crippen molar-refractivity contribution in [1.29, 1.82) is 0 Å². The zero-order chi connectivity index (χ0) is 15.4. The van der Waals surface area contributed by atoms with Crippen molar-refractivity contribution in [2.45, 2.75) is 38.3 Å². The van der Waals surface area contributed by atoms with E-state index in [1.54, 1.807) is 44.2 Å². The van der Waals surface area contributed by atoms with Crippen LogP contribution in [0.5, 0.6) is 0 Å². The number of halogens is 1. The van der Waals surface area contributed by atoms with Gasteiger partial charge in [0, 0.05) is 0 Å². The number of hydrogen-bond donors (Lipinski definition) is 0. The molecule has 1 aromatic rings. The van der Waals surface area contributed by atoms with Gasteiger partial charge in [0.05, 0.1) is 17.4 Å². The molecule has 0 spiro atoms. The monoisotopic (exact) mass is 294 g/mol. The van der Waals surface area contributed by atoms with Gasteiger partial charge in [0.15, 0.2) is 12.3 Å². The fourth-order valence-corrected chi connectivity index (χ4v) is 2.24. The minimum atomic E-state index is -1.36. The summed E-state index contributed by atoms with van der Waals surface area (Å²) in [5.74, 6) is -0.0663. The Bertz CT molecular complexity index is 502. The van der Waals surface area contributed by atoms with Crippen LogP contribution in [0.2, 0.25) is 0 Å². The number of ether oxygens (including phenoxy) is 3. The predicted molar refractivity (Wildman–Crippen MR) is 75.6 cm³/mol. The van der Waals surface area contributed by atoms with Crippen LogP contribution in [-0.4, -0.2) is 37.1 Å². The highest BCUT2D eigenvalue weighted by atomic mass is 19.1. The Labute approximate surface area is 123 Å². The molecule has 0 amide bonds. The first kappa shape index (κ1) is 15.5. The van der Waals surface area contributed by atoms with Gasteiger partial charge in [0.1, 0.15) is 12.7 Å². The number of carbonyl (C=O) groups is 1. The van der Waals surface area contributed by atoms with Crippen molar-refractivity contribution < 1.29 is 23.4 Å². The van der Waals surface area contributed by atoms with Crippen LogP contribution in [0.3, 0.4) is 0 Å². The summed E-state index contributed by atoms with van der Waals surface area (Å²) in [5.41, 5.74) is 0.425. The summed E-state index contributed by atoms with van der Waals surface area (Å²) in [4.78, 5) is 11.8. The SMILES string of the molecule is C=C(C)O[C@@H]1[C@@H](F)[C@@H](COC(=O)c2ccccc2)O[C@H]1C. The lowest BCUT2D eigenvalue weighted by Crippen LogP contribution is -2.32. The van der Waals surface area contributed by atoms with Gasteiger partial charge in [-0.15, -0.1) is 0 Å². The third kappa shape index (κ3) is 3.82.